The van der Waals surface area contributed by atoms with E-state index in [9.17, 15) is 4.79 Å². The van der Waals surface area contributed by atoms with Crippen molar-refractivity contribution in [3.8, 4) is 0 Å². The van der Waals surface area contributed by atoms with Crippen molar-refractivity contribution in [1.29, 1.82) is 0 Å². The van der Waals surface area contributed by atoms with E-state index in [1.54, 1.807) is 12.1 Å². The van der Waals surface area contributed by atoms with E-state index in [0.29, 0.717) is 29.8 Å². The first kappa shape index (κ1) is 14.6. The highest BCUT2D eigenvalue weighted by Crippen LogP contribution is 2.36. The van der Waals surface area contributed by atoms with Gasteiger partial charge in [0.05, 0.1) is 23.8 Å². The summed E-state index contributed by atoms with van der Waals surface area (Å²) >= 11 is 6.06. The molecule has 1 saturated carbocycles. The summed E-state index contributed by atoms with van der Waals surface area (Å²) < 4.78 is 11.4. The molecule has 0 aromatic heterocycles. The Bertz CT molecular complexity index is 534. The fraction of sp³-hybridized carbons (Fsp3) is 0.533. The molecule has 0 radical (unpaired) electrons. The Morgan fingerprint density at radius 2 is 1.95 bits per heavy atom. The first-order chi connectivity index (χ1) is 10.1. The summed E-state index contributed by atoms with van der Waals surface area (Å²) in [6.07, 6.45) is 3.76. The third kappa shape index (κ3) is 3.15. The molecule has 2 aliphatic rings. The highest BCUT2D eigenvalue weighted by molar-refractivity contribution is 6.34. The first-order valence-electron chi connectivity index (χ1n) is 7.22. The average Bonchev–Trinajstić information content (AvgIpc) is 2.90. The minimum absolute atomic E-state index is 0.342. The van der Waals surface area contributed by atoms with Crippen LogP contribution in [0.5, 0.6) is 0 Å². The predicted octanol–water partition coefficient (Wildman–Crippen LogP) is 2.54. The lowest BCUT2D eigenvalue weighted by Crippen LogP contribution is -2.39. The van der Waals surface area contributed by atoms with Crippen molar-refractivity contribution in [2.24, 2.45) is 5.73 Å². The molecule has 3 rings (SSSR count). The molecule has 1 aromatic rings. The normalized spacial score (nSPS) is 21.6. The van der Waals surface area contributed by atoms with E-state index in [1.807, 2.05) is 6.07 Å². The van der Waals surface area contributed by atoms with Crippen LogP contribution in [0, 0.1) is 0 Å². The smallest absolute Gasteiger partial charge is 0.250 e. The monoisotopic (exact) mass is 310 g/mol. The summed E-state index contributed by atoms with van der Waals surface area (Å²) in [4.78, 5) is 11.2. The lowest BCUT2D eigenvalue weighted by molar-refractivity contribution is -0.177. The second-order valence-corrected chi connectivity index (χ2v) is 5.99. The van der Waals surface area contributed by atoms with Crippen molar-refractivity contribution in [3.63, 3.8) is 0 Å². The van der Waals surface area contributed by atoms with Gasteiger partial charge in [-0.15, -0.1) is 0 Å². The maximum Gasteiger partial charge on any atom is 0.250 e. The summed E-state index contributed by atoms with van der Waals surface area (Å²) in [7, 11) is 0. The molecular weight excluding hydrogens is 292 g/mol. The van der Waals surface area contributed by atoms with E-state index >= 15 is 0 Å². The molecule has 21 heavy (non-hydrogen) atoms. The molecular formula is C15H19ClN2O3. The van der Waals surface area contributed by atoms with Crippen LogP contribution in [0.3, 0.4) is 0 Å². The number of rotatable bonds is 3. The van der Waals surface area contributed by atoms with Gasteiger partial charge in [0.1, 0.15) is 0 Å². The van der Waals surface area contributed by atoms with Gasteiger partial charge in [-0.05, 0) is 31.0 Å². The van der Waals surface area contributed by atoms with Crippen molar-refractivity contribution < 1.29 is 14.3 Å². The zero-order chi connectivity index (χ0) is 14.9. The second kappa shape index (κ2) is 5.83. The Kier molecular flexibility index (Phi) is 4.06. The highest BCUT2D eigenvalue weighted by atomic mass is 35.5. The van der Waals surface area contributed by atoms with Gasteiger partial charge in [0.25, 0.3) is 0 Å². The van der Waals surface area contributed by atoms with Gasteiger partial charge < -0.3 is 20.5 Å². The van der Waals surface area contributed by atoms with Crippen LogP contribution in [0.15, 0.2) is 18.2 Å². The van der Waals surface area contributed by atoms with E-state index in [0.717, 1.165) is 31.4 Å². The van der Waals surface area contributed by atoms with E-state index < -0.39 is 5.91 Å². The number of ether oxygens (including phenoxy) is 2. The number of carbonyl (C=O) groups is 1. The molecule has 1 aliphatic carbocycles. The van der Waals surface area contributed by atoms with Crippen molar-refractivity contribution in [2.45, 2.75) is 37.5 Å². The van der Waals surface area contributed by atoms with Crippen LogP contribution in [-0.4, -0.2) is 30.9 Å². The second-order valence-electron chi connectivity index (χ2n) is 5.59. The quantitative estimate of drug-likeness (QED) is 0.900. The number of nitrogens with two attached hydrogens (primary N) is 1. The average molecular weight is 311 g/mol. The van der Waals surface area contributed by atoms with Gasteiger partial charge in [0.15, 0.2) is 5.79 Å². The van der Waals surface area contributed by atoms with Gasteiger partial charge in [-0.1, -0.05) is 11.6 Å². The molecule has 1 aliphatic heterocycles. The Morgan fingerprint density at radius 1 is 1.29 bits per heavy atom. The van der Waals surface area contributed by atoms with Gasteiger partial charge in [0.2, 0.25) is 5.91 Å². The van der Waals surface area contributed by atoms with Crippen LogP contribution in [-0.2, 0) is 9.47 Å². The summed E-state index contributed by atoms with van der Waals surface area (Å²) in [5.41, 5.74) is 6.49. The minimum Gasteiger partial charge on any atom is -0.382 e. The molecule has 0 atom stereocenters. The Labute approximate surface area is 128 Å². The van der Waals surface area contributed by atoms with Crippen molar-refractivity contribution in [2.75, 3.05) is 18.5 Å². The third-order valence-corrected chi connectivity index (χ3v) is 4.48. The molecule has 1 spiro atoms. The number of amides is 1. The number of carbonyl (C=O) groups excluding carboxylic acids is 1. The van der Waals surface area contributed by atoms with Gasteiger partial charge in [-0.25, -0.2) is 0 Å². The molecule has 3 N–H and O–H groups in total. The van der Waals surface area contributed by atoms with E-state index in [1.165, 1.54) is 0 Å². The fourth-order valence-corrected chi connectivity index (χ4v) is 3.30. The number of anilines is 1. The van der Waals surface area contributed by atoms with Gasteiger partial charge in [-0.3, -0.25) is 4.79 Å². The zero-order valence-corrected chi connectivity index (χ0v) is 12.5. The maximum absolute atomic E-state index is 11.2. The van der Waals surface area contributed by atoms with Crippen LogP contribution in [0.25, 0.3) is 0 Å². The van der Waals surface area contributed by atoms with Crippen molar-refractivity contribution in [1.82, 2.24) is 0 Å². The number of hydrogen-bond donors (Lipinski definition) is 2. The van der Waals surface area contributed by atoms with Gasteiger partial charge in [0, 0.05) is 24.6 Å². The van der Waals surface area contributed by atoms with Gasteiger partial charge >= 0.3 is 0 Å². The van der Waals surface area contributed by atoms with Crippen LogP contribution in [0.2, 0.25) is 5.02 Å². The molecule has 1 amide bonds. The lowest BCUT2D eigenvalue weighted by atomic mass is 9.90. The van der Waals surface area contributed by atoms with Crippen molar-refractivity contribution >= 4 is 23.2 Å². The molecule has 1 saturated heterocycles. The highest BCUT2D eigenvalue weighted by Gasteiger charge is 2.40. The maximum atomic E-state index is 11.2. The minimum atomic E-state index is -0.512. The number of primary amides is 1. The molecule has 6 heteroatoms. The van der Waals surface area contributed by atoms with E-state index in [-0.39, 0.29) is 5.79 Å². The molecule has 1 heterocycles. The van der Waals surface area contributed by atoms with E-state index in [2.05, 4.69) is 5.32 Å². The molecule has 114 valence electrons. The van der Waals surface area contributed by atoms with Crippen LogP contribution < -0.4 is 11.1 Å². The molecule has 0 bridgehead atoms. The topological polar surface area (TPSA) is 73.6 Å². The molecule has 2 fully saturated rings. The molecule has 1 aromatic carbocycles. The molecule has 0 unspecified atom stereocenters. The fourth-order valence-electron chi connectivity index (χ4n) is 3.03. The standard InChI is InChI=1S/C15H19ClN2O3/c16-13-9-11(1-2-12(13)14(17)19)18-10-3-5-15(6-4-10)20-7-8-21-15/h1-2,9-10,18H,3-8H2,(H2,17,19). The number of hydrogen-bond acceptors (Lipinski definition) is 4. The third-order valence-electron chi connectivity index (χ3n) is 4.17. The SMILES string of the molecule is NC(=O)c1ccc(NC2CCC3(CC2)OCCO3)cc1Cl. The van der Waals surface area contributed by atoms with Crippen LogP contribution >= 0.6 is 11.6 Å². The summed E-state index contributed by atoms with van der Waals surface area (Å²) in [6, 6.07) is 5.59. The zero-order valence-electron chi connectivity index (χ0n) is 11.7. The van der Waals surface area contributed by atoms with Crippen LogP contribution in [0.4, 0.5) is 5.69 Å². The van der Waals surface area contributed by atoms with E-state index in [4.69, 9.17) is 26.8 Å². The Morgan fingerprint density at radius 3 is 2.52 bits per heavy atom. The Balaban J connectivity index is 1.60. The summed E-state index contributed by atoms with van der Waals surface area (Å²) in [6.45, 7) is 1.39. The van der Waals surface area contributed by atoms with Crippen molar-refractivity contribution in [3.05, 3.63) is 28.8 Å². The first-order valence-corrected chi connectivity index (χ1v) is 7.60. The lowest BCUT2D eigenvalue weighted by Gasteiger charge is -2.36. The van der Waals surface area contributed by atoms with Crippen LogP contribution in [0.1, 0.15) is 36.0 Å². The summed E-state index contributed by atoms with van der Waals surface area (Å²) in [5.74, 6) is -0.854. The number of halogens is 1. The largest absolute Gasteiger partial charge is 0.382 e. The predicted molar refractivity (Wildman–Crippen MR) is 80.5 cm³/mol. The molecule has 5 nitrogen and oxygen atoms in total. The summed E-state index contributed by atoms with van der Waals surface area (Å²) in [5, 5.41) is 3.82. The van der Waals surface area contributed by atoms with Gasteiger partial charge in [-0.2, -0.15) is 0 Å². The number of benzene rings is 1. The Hall–Kier alpha value is -1.30. The number of nitrogens with one attached hydrogen (secondary N) is 1.